The van der Waals surface area contributed by atoms with E-state index in [9.17, 15) is 4.79 Å². The minimum atomic E-state index is -0.245. The van der Waals surface area contributed by atoms with E-state index >= 15 is 0 Å². The molecule has 0 radical (unpaired) electrons. The molecular formula is C20H19N5O2S. The Hall–Kier alpha value is -3.26. The third-order valence-corrected chi connectivity index (χ3v) is 5.07. The molecule has 0 aliphatic carbocycles. The summed E-state index contributed by atoms with van der Waals surface area (Å²) in [5.74, 6) is 0.578. The topological polar surface area (TPSA) is 81.9 Å². The van der Waals surface area contributed by atoms with E-state index in [4.69, 9.17) is 4.74 Å². The van der Waals surface area contributed by atoms with Crippen LogP contribution in [0.3, 0.4) is 0 Å². The molecule has 0 spiro atoms. The first-order chi connectivity index (χ1) is 13.5. The summed E-state index contributed by atoms with van der Waals surface area (Å²) in [7, 11) is 1.83. The van der Waals surface area contributed by atoms with Crippen LogP contribution >= 0.6 is 11.3 Å². The normalized spacial score (nSPS) is 11.0. The summed E-state index contributed by atoms with van der Waals surface area (Å²) in [4.78, 5) is 21.5. The standard InChI is InChI=1S/C20H19N5O2S/c1-4-27-15-7-5-13(6-8-15)17-11-28-20(22-17)23-19(26)14-9-16-12(2)24-25(3)18(16)21-10-14/h5-11H,4H2,1-3H3,(H,22,23,26). The van der Waals surface area contributed by atoms with Crippen molar-refractivity contribution in [2.24, 2.45) is 7.05 Å². The van der Waals surface area contributed by atoms with Crippen LogP contribution in [0.4, 0.5) is 5.13 Å². The van der Waals surface area contributed by atoms with Crippen molar-refractivity contribution in [1.29, 1.82) is 0 Å². The van der Waals surface area contributed by atoms with Crippen molar-refractivity contribution in [2.75, 3.05) is 11.9 Å². The lowest BCUT2D eigenvalue weighted by Crippen LogP contribution is -2.12. The molecule has 0 saturated carbocycles. The fourth-order valence-electron chi connectivity index (χ4n) is 2.95. The van der Waals surface area contributed by atoms with Gasteiger partial charge in [0.2, 0.25) is 0 Å². The van der Waals surface area contributed by atoms with E-state index in [0.29, 0.717) is 17.3 Å². The van der Waals surface area contributed by atoms with Gasteiger partial charge in [0, 0.05) is 29.6 Å². The SMILES string of the molecule is CCOc1ccc(-c2csc(NC(=O)c3cnc4c(c3)c(C)nn4C)n2)cc1. The number of pyridine rings is 1. The van der Waals surface area contributed by atoms with Crippen LogP contribution < -0.4 is 10.1 Å². The van der Waals surface area contributed by atoms with Crippen molar-refractivity contribution in [3.8, 4) is 17.0 Å². The van der Waals surface area contributed by atoms with Crippen LogP contribution in [-0.2, 0) is 7.05 Å². The van der Waals surface area contributed by atoms with Crippen molar-refractivity contribution in [3.63, 3.8) is 0 Å². The first-order valence-electron chi connectivity index (χ1n) is 8.84. The summed E-state index contributed by atoms with van der Waals surface area (Å²) in [5, 5.41) is 10.5. The first kappa shape index (κ1) is 18.1. The van der Waals surface area contributed by atoms with E-state index in [1.54, 1.807) is 16.9 Å². The van der Waals surface area contributed by atoms with E-state index in [1.807, 2.05) is 50.5 Å². The lowest BCUT2D eigenvalue weighted by Gasteiger charge is -2.03. The Bertz CT molecular complexity index is 1150. The molecule has 0 fully saturated rings. The maximum absolute atomic E-state index is 12.6. The largest absolute Gasteiger partial charge is 0.494 e. The maximum atomic E-state index is 12.6. The number of ether oxygens (including phenoxy) is 1. The van der Waals surface area contributed by atoms with Gasteiger partial charge in [-0.05, 0) is 44.2 Å². The van der Waals surface area contributed by atoms with Gasteiger partial charge >= 0.3 is 0 Å². The number of benzene rings is 1. The maximum Gasteiger partial charge on any atom is 0.259 e. The van der Waals surface area contributed by atoms with E-state index in [2.05, 4.69) is 20.4 Å². The van der Waals surface area contributed by atoms with E-state index < -0.39 is 0 Å². The molecule has 0 aliphatic heterocycles. The first-order valence-corrected chi connectivity index (χ1v) is 9.72. The molecule has 28 heavy (non-hydrogen) atoms. The molecule has 0 saturated heterocycles. The molecule has 0 bridgehead atoms. The summed E-state index contributed by atoms with van der Waals surface area (Å²) in [6, 6.07) is 9.53. The smallest absolute Gasteiger partial charge is 0.259 e. The van der Waals surface area contributed by atoms with Crippen molar-refractivity contribution < 1.29 is 9.53 Å². The van der Waals surface area contributed by atoms with Crippen molar-refractivity contribution in [3.05, 3.63) is 53.2 Å². The average molecular weight is 393 g/mol. The Kier molecular flexibility index (Phi) is 4.79. The Morgan fingerprint density at radius 2 is 2.07 bits per heavy atom. The predicted molar refractivity (Wildman–Crippen MR) is 110 cm³/mol. The number of fused-ring (bicyclic) bond motifs is 1. The van der Waals surface area contributed by atoms with Gasteiger partial charge < -0.3 is 4.74 Å². The van der Waals surface area contributed by atoms with Crippen LogP contribution in [0.25, 0.3) is 22.3 Å². The highest BCUT2D eigenvalue weighted by Gasteiger charge is 2.14. The van der Waals surface area contributed by atoms with Crippen LogP contribution in [0, 0.1) is 6.92 Å². The van der Waals surface area contributed by atoms with Gasteiger partial charge in [-0.25, -0.2) is 9.97 Å². The molecule has 3 heterocycles. The minimum absolute atomic E-state index is 0.245. The lowest BCUT2D eigenvalue weighted by molar-refractivity contribution is 0.102. The fraction of sp³-hybridized carbons (Fsp3) is 0.200. The van der Waals surface area contributed by atoms with Crippen LogP contribution in [0.15, 0.2) is 41.9 Å². The number of amides is 1. The van der Waals surface area contributed by atoms with Gasteiger partial charge in [-0.1, -0.05) is 0 Å². The van der Waals surface area contributed by atoms with Crippen LogP contribution in [0.2, 0.25) is 0 Å². The fourth-order valence-corrected chi connectivity index (χ4v) is 3.67. The lowest BCUT2D eigenvalue weighted by atomic mass is 10.2. The number of aryl methyl sites for hydroxylation is 2. The van der Waals surface area contributed by atoms with Crippen molar-refractivity contribution >= 4 is 33.4 Å². The number of nitrogens with one attached hydrogen (secondary N) is 1. The second-order valence-electron chi connectivity index (χ2n) is 6.25. The number of rotatable bonds is 5. The van der Waals surface area contributed by atoms with Gasteiger partial charge in [0.25, 0.3) is 5.91 Å². The zero-order valence-corrected chi connectivity index (χ0v) is 16.6. The van der Waals surface area contributed by atoms with Crippen LogP contribution in [0.1, 0.15) is 23.0 Å². The molecule has 3 aromatic heterocycles. The predicted octanol–water partition coefficient (Wildman–Crippen LogP) is 4.05. The highest BCUT2D eigenvalue weighted by Crippen LogP contribution is 2.27. The molecule has 1 N–H and O–H groups in total. The summed E-state index contributed by atoms with van der Waals surface area (Å²) in [6.45, 7) is 4.48. The highest BCUT2D eigenvalue weighted by molar-refractivity contribution is 7.14. The number of carbonyl (C=O) groups excluding carboxylic acids is 1. The number of hydrogen-bond acceptors (Lipinski definition) is 6. The summed E-state index contributed by atoms with van der Waals surface area (Å²) in [6.07, 6.45) is 1.56. The zero-order valence-electron chi connectivity index (χ0n) is 15.8. The number of aromatic nitrogens is 4. The van der Waals surface area contributed by atoms with Crippen molar-refractivity contribution in [2.45, 2.75) is 13.8 Å². The van der Waals surface area contributed by atoms with Gasteiger partial charge in [0.1, 0.15) is 5.75 Å². The van der Waals surface area contributed by atoms with Crippen LogP contribution in [-0.4, -0.2) is 32.3 Å². The van der Waals surface area contributed by atoms with Gasteiger partial charge in [-0.2, -0.15) is 5.10 Å². The van der Waals surface area contributed by atoms with E-state index in [0.717, 1.165) is 33.7 Å². The highest BCUT2D eigenvalue weighted by atomic mass is 32.1. The summed E-state index contributed by atoms with van der Waals surface area (Å²) < 4.78 is 7.16. The monoisotopic (exact) mass is 393 g/mol. The molecule has 7 nitrogen and oxygen atoms in total. The molecule has 0 atom stereocenters. The van der Waals surface area contributed by atoms with E-state index in [-0.39, 0.29) is 5.91 Å². The zero-order chi connectivity index (χ0) is 19.7. The Labute approximate surface area is 166 Å². The third-order valence-electron chi connectivity index (χ3n) is 4.31. The van der Waals surface area contributed by atoms with Gasteiger partial charge in [-0.15, -0.1) is 11.3 Å². The Morgan fingerprint density at radius 1 is 1.29 bits per heavy atom. The second-order valence-corrected chi connectivity index (χ2v) is 7.11. The second kappa shape index (κ2) is 7.40. The number of nitrogens with zero attached hydrogens (tertiary/aromatic N) is 4. The average Bonchev–Trinajstić information content (AvgIpc) is 3.27. The van der Waals surface area contributed by atoms with Gasteiger partial charge in [0.05, 0.1) is 23.6 Å². The molecular weight excluding hydrogens is 374 g/mol. The molecule has 1 aromatic carbocycles. The molecule has 4 rings (SSSR count). The summed E-state index contributed by atoms with van der Waals surface area (Å²) >= 11 is 1.38. The van der Waals surface area contributed by atoms with E-state index in [1.165, 1.54) is 11.3 Å². The summed E-state index contributed by atoms with van der Waals surface area (Å²) in [5.41, 5.74) is 3.84. The number of thiazole rings is 1. The van der Waals surface area contributed by atoms with Crippen molar-refractivity contribution in [1.82, 2.24) is 19.7 Å². The number of anilines is 1. The quantitative estimate of drug-likeness (QED) is 0.553. The molecule has 0 aliphatic rings. The molecule has 142 valence electrons. The molecule has 8 heteroatoms. The van der Waals surface area contributed by atoms with Crippen LogP contribution in [0.5, 0.6) is 5.75 Å². The molecule has 1 amide bonds. The Balaban J connectivity index is 1.52. The third kappa shape index (κ3) is 3.46. The Morgan fingerprint density at radius 3 is 2.82 bits per heavy atom. The molecule has 0 unspecified atom stereocenters. The molecule has 4 aromatic rings. The number of carbonyl (C=O) groups is 1. The van der Waals surface area contributed by atoms with Gasteiger partial charge in [0.15, 0.2) is 10.8 Å². The minimum Gasteiger partial charge on any atom is -0.494 e. The number of hydrogen-bond donors (Lipinski definition) is 1. The van der Waals surface area contributed by atoms with Gasteiger partial charge in [-0.3, -0.25) is 14.8 Å².